The second-order valence-electron chi connectivity index (χ2n) is 1.72. The molecule has 0 saturated heterocycles. The van der Waals surface area contributed by atoms with Crippen LogP contribution >= 0.6 is 55.9 Å². The molecule has 0 unspecified atom stereocenters. The molecule has 0 fully saturated rings. The Hall–Kier alpha value is 2.91. The average molecular weight is 593 g/mol. The molecule has 0 rings (SSSR count). The normalized spacial score (nSPS) is 9.60. The Morgan fingerprint density at radius 1 is 1.10 bits per heavy atom. The van der Waals surface area contributed by atoms with Crippen molar-refractivity contribution in [2.75, 3.05) is 0 Å². The summed E-state index contributed by atoms with van der Waals surface area (Å²) in [5.74, 6) is 0. The second-order valence-corrected chi connectivity index (χ2v) is 85.3. The van der Waals surface area contributed by atoms with Gasteiger partial charge in [0.05, 0.1) is 0 Å². The zero-order valence-electron chi connectivity index (χ0n) is 5.76. The van der Waals surface area contributed by atoms with Gasteiger partial charge in [0.25, 0.3) is 0 Å². The van der Waals surface area contributed by atoms with Gasteiger partial charge in [-0.05, 0) is 0 Å². The Labute approximate surface area is 95.4 Å². The van der Waals surface area contributed by atoms with Gasteiger partial charge in [-0.25, -0.2) is 0 Å². The molecule has 0 aliphatic heterocycles. The van der Waals surface area contributed by atoms with Gasteiger partial charge >= 0.3 is 86.6 Å². The van der Waals surface area contributed by atoms with Crippen molar-refractivity contribution < 1.29 is 11.0 Å². The van der Waals surface area contributed by atoms with Crippen LogP contribution in [-0.2, 0) is 0 Å². The van der Waals surface area contributed by atoms with E-state index in [9.17, 15) is 0 Å². The molecule has 0 aromatic rings. The van der Waals surface area contributed by atoms with E-state index in [1.165, 1.54) is 17.3 Å². The van der Waals surface area contributed by atoms with Crippen molar-refractivity contribution in [3.05, 3.63) is 0 Å². The monoisotopic (exact) mass is 594 g/mol. The molecule has 6 heteroatoms. The molecule has 0 heterocycles. The molecule has 2 nitrogen and oxygen atoms in total. The van der Waals surface area contributed by atoms with Crippen LogP contribution in [0, 0.1) is 0 Å². The van der Waals surface area contributed by atoms with Gasteiger partial charge in [0.15, 0.2) is 0 Å². The quantitative estimate of drug-likeness (QED) is 0.357. The van der Waals surface area contributed by atoms with Gasteiger partial charge < -0.3 is 11.0 Å². The molecule has 66 valence electrons. The van der Waals surface area contributed by atoms with Crippen molar-refractivity contribution in [3.8, 4) is 0 Å². The van der Waals surface area contributed by atoms with Crippen LogP contribution in [0.15, 0.2) is 0 Å². The van der Waals surface area contributed by atoms with Crippen molar-refractivity contribution in [1.82, 2.24) is 0 Å². The third-order valence-corrected chi connectivity index (χ3v) is 14.3. The predicted octanol–water partition coefficient (Wildman–Crippen LogP) is 2.38. The maximum absolute atomic E-state index is 2.68. The van der Waals surface area contributed by atoms with Gasteiger partial charge in [-0.3, -0.25) is 0 Å². The SMILES string of the molecule is CCC[CH2][Sn]([I])([I])[I].O.O. The summed E-state index contributed by atoms with van der Waals surface area (Å²) in [6, 6.07) is 0. The third-order valence-electron chi connectivity index (χ3n) is 0.814. The second kappa shape index (κ2) is 9.99. The molecule has 10 heavy (non-hydrogen) atoms. The average Bonchev–Trinajstić information content (AvgIpc) is 1.59. The molecule has 0 atom stereocenters. The molecule has 0 bridgehead atoms. The Balaban J connectivity index is -0.000000245. The first-order valence-electron chi connectivity index (χ1n) is 2.63. The van der Waals surface area contributed by atoms with E-state index in [1.807, 2.05) is 0 Å². The molecule has 0 aliphatic rings. The Morgan fingerprint density at radius 2 is 1.50 bits per heavy atom. The van der Waals surface area contributed by atoms with E-state index in [4.69, 9.17) is 0 Å². The summed E-state index contributed by atoms with van der Waals surface area (Å²) in [4.78, 5) is 0. The number of rotatable bonds is 3. The first kappa shape index (κ1) is 18.6. The standard InChI is InChI=1S/C4H9.3HI.2H2O.Sn/c1-3-4-2;;;;;;/h1,3-4H2,2H3;3*1H;2*1H2;/q;;;;;;+3/p-3. The fraction of sp³-hybridized carbons (Fsp3) is 1.00. The molecular formula is C4H13I3O2Sn. The fourth-order valence-electron chi connectivity index (χ4n) is 0.377. The van der Waals surface area contributed by atoms with Crippen molar-refractivity contribution in [2.45, 2.75) is 24.2 Å². The minimum atomic E-state index is -1.40. The summed E-state index contributed by atoms with van der Waals surface area (Å²) in [6.07, 6.45) is 2.82. The van der Waals surface area contributed by atoms with Gasteiger partial charge in [-0.2, -0.15) is 0 Å². The van der Waals surface area contributed by atoms with Gasteiger partial charge in [0.2, 0.25) is 0 Å². The molecule has 0 spiro atoms. The van der Waals surface area contributed by atoms with Crippen LogP contribution in [0.1, 0.15) is 19.8 Å². The Bertz CT molecular complexity index is 66.0. The zero-order valence-corrected chi connectivity index (χ0v) is 15.1. The zero-order chi connectivity index (χ0) is 6.62. The van der Waals surface area contributed by atoms with Crippen LogP contribution in [0.4, 0.5) is 0 Å². The van der Waals surface area contributed by atoms with Crippen molar-refractivity contribution >= 4 is 62.4 Å². The van der Waals surface area contributed by atoms with Crippen LogP contribution in [0.3, 0.4) is 0 Å². The minimum absolute atomic E-state index is 0. The largest absolute Gasteiger partial charge is 0.412 e. The predicted molar refractivity (Wildman–Crippen MR) is 74.8 cm³/mol. The van der Waals surface area contributed by atoms with Gasteiger partial charge in [-0.15, -0.1) is 0 Å². The van der Waals surface area contributed by atoms with Gasteiger partial charge in [0, 0.05) is 0 Å². The molecule has 4 N–H and O–H groups in total. The summed E-state index contributed by atoms with van der Waals surface area (Å²) in [6.45, 7) is 0.868. The van der Waals surface area contributed by atoms with E-state index in [2.05, 4.69) is 62.8 Å². The van der Waals surface area contributed by atoms with Crippen LogP contribution < -0.4 is 0 Å². The smallest absolute Gasteiger partial charge is 0.412 e. The first-order chi connectivity index (χ1) is 3.56. The third kappa shape index (κ3) is 17.1. The van der Waals surface area contributed by atoms with E-state index >= 15 is 0 Å². The molecule has 0 aliphatic carbocycles. The Morgan fingerprint density at radius 3 is 1.60 bits per heavy atom. The summed E-state index contributed by atoms with van der Waals surface area (Å²) < 4.78 is 1.53. The molecule has 0 radical (unpaired) electrons. The van der Waals surface area contributed by atoms with Crippen molar-refractivity contribution in [3.63, 3.8) is 0 Å². The van der Waals surface area contributed by atoms with Crippen LogP contribution in [0.5, 0.6) is 0 Å². The van der Waals surface area contributed by atoms with Crippen LogP contribution in [0.2, 0.25) is 4.44 Å². The van der Waals surface area contributed by atoms with Gasteiger partial charge in [0.1, 0.15) is 0 Å². The molecule has 0 aromatic heterocycles. The summed E-state index contributed by atoms with van der Waals surface area (Å²) in [5.41, 5.74) is 0. The van der Waals surface area contributed by atoms with E-state index < -0.39 is 6.47 Å². The van der Waals surface area contributed by atoms with Crippen LogP contribution in [0.25, 0.3) is 0 Å². The maximum atomic E-state index is 2.68. The topological polar surface area (TPSA) is 63.0 Å². The van der Waals surface area contributed by atoms with E-state index in [0.29, 0.717) is 0 Å². The Kier molecular flexibility index (Phi) is 18.6. The first-order valence-corrected chi connectivity index (χ1v) is 29.6. The molecule has 0 aromatic carbocycles. The number of hydrogen-bond acceptors (Lipinski definition) is 0. The molecular weight excluding hydrogens is 579 g/mol. The number of unbranched alkanes of at least 4 members (excludes halogenated alkanes) is 1. The summed E-state index contributed by atoms with van der Waals surface area (Å²) in [7, 11) is 0. The van der Waals surface area contributed by atoms with Crippen LogP contribution in [-0.4, -0.2) is 17.4 Å². The summed E-state index contributed by atoms with van der Waals surface area (Å²) >= 11 is 8.05. The molecule has 0 amide bonds. The van der Waals surface area contributed by atoms with Crippen molar-refractivity contribution in [2.24, 2.45) is 0 Å². The van der Waals surface area contributed by atoms with E-state index in [1.54, 1.807) is 0 Å². The number of hydrogen-bond donors (Lipinski definition) is 0. The fourth-order valence-corrected chi connectivity index (χ4v) is 10.2. The maximum Gasteiger partial charge on any atom is -0.412 e. The van der Waals surface area contributed by atoms with E-state index in [-0.39, 0.29) is 11.0 Å². The summed E-state index contributed by atoms with van der Waals surface area (Å²) in [5, 5.41) is 0. The van der Waals surface area contributed by atoms with Gasteiger partial charge in [-0.1, -0.05) is 0 Å². The molecule has 0 saturated carbocycles. The van der Waals surface area contributed by atoms with Crippen molar-refractivity contribution in [1.29, 1.82) is 0 Å². The van der Waals surface area contributed by atoms with E-state index in [0.717, 1.165) is 0 Å². The number of halogens is 3. The minimum Gasteiger partial charge on any atom is -0.412 e.